The van der Waals surface area contributed by atoms with Gasteiger partial charge in [-0.2, -0.15) is 4.98 Å². The van der Waals surface area contributed by atoms with Gasteiger partial charge in [-0.1, -0.05) is 30.1 Å². The molecule has 106 valence electrons. The third kappa shape index (κ3) is 2.45. The minimum absolute atomic E-state index is 0.210. The number of hydrogen-bond acceptors (Lipinski definition) is 4. The zero-order chi connectivity index (χ0) is 13.9. The highest BCUT2D eigenvalue weighted by Gasteiger charge is 2.30. The molecule has 1 aromatic carbocycles. The fourth-order valence-corrected chi connectivity index (χ4v) is 2.95. The van der Waals surface area contributed by atoms with Gasteiger partial charge in [0, 0.05) is 5.92 Å². The molecular weight excluding hydrogens is 257 g/mol. The lowest BCUT2D eigenvalue weighted by molar-refractivity contribution is 0.249. The van der Waals surface area contributed by atoms with E-state index in [1.807, 2.05) is 0 Å². The zero-order valence-corrected chi connectivity index (χ0v) is 11.3. The molecular formula is C15H18FN3O. The number of aromatic nitrogens is 2. The van der Waals surface area contributed by atoms with Crippen LogP contribution in [0.5, 0.6) is 0 Å². The van der Waals surface area contributed by atoms with Gasteiger partial charge in [-0.15, -0.1) is 0 Å². The molecule has 1 aromatic heterocycles. The molecule has 2 unspecified atom stereocenters. The molecule has 0 aliphatic heterocycles. The quantitative estimate of drug-likeness (QED) is 0.934. The second-order valence-electron chi connectivity index (χ2n) is 5.32. The van der Waals surface area contributed by atoms with Crippen molar-refractivity contribution in [2.75, 3.05) is 6.54 Å². The molecule has 0 radical (unpaired) electrons. The summed E-state index contributed by atoms with van der Waals surface area (Å²) in [5, 5.41) is 3.92. The van der Waals surface area contributed by atoms with Crippen LogP contribution in [0.3, 0.4) is 0 Å². The molecule has 0 saturated heterocycles. The zero-order valence-electron chi connectivity index (χ0n) is 11.3. The van der Waals surface area contributed by atoms with Crippen molar-refractivity contribution in [2.24, 2.45) is 11.7 Å². The highest BCUT2D eigenvalue weighted by molar-refractivity contribution is 5.54. The Morgan fingerprint density at radius 2 is 2.05 bits per heavy atom. The van der Waals surface area contributed by atoms with E-state index in [1.54, 1.807) is 18.2 Å². The predicted octanol–water partition coefficient (Wildman–Crippen LogP) is 3.11. The van der Waals surface area contributed by atoms with Crippen LogP contribution in [-0.2, 0) is 0 Å². The lowest BCUT2D eigenvalue weighted by Gasteiger charge is -2.27. The van der Waals surface area contributed by atoms with E-state index in [1.165, 1.54) is 12.5 Å². The topological polar surface area (TPSA) is 64.9 Å². The molecule has 0 spiro atoms. The first kappa shape index (κ1) is 13.2. The van der Waals surface area contributed by atoms with E-state index in [2.05, 4.69) is 10.1 Å². The van der Waals surface area contributed by atoms with Crippen molar-refractivity contribution in [3.8, 4) is 11.4 Å². The minimum atomic E-state index is -0.334. The Labute approximate surface area is 117 Å². The van der Waals surface area contributed by atoms with Crippen LogP contribution in [0.1, 0.15) is 37.5 Å². The average Bonchev–Trinajstić information content (AvgIpc) is 2.97. The Morgan fingerprint density at radius 3 is 2.85 bits per heavy atom. The van der Waals surface area contributed by atoms with E-state index in [4.69, 9.17) is 10.3 Å². The van der Waals surface area contributed by atoms with Crippen LogP contribution in [0.2, 0.25) is 0 Å². The van der Waals surface area contributed by atoms with Crippen LogP contribution in [0.15, 0.2) is 28.8 Å². The Hall–Kier alpha value is -1.75. The third-order valence-electron chi connectivity index (χ3n) is 4.09. The summed E-state index contributed by atoms with van der Waals surface area (Å²) < 4.78 is 19.1. The molecule has 3 rings (SSSR count). The summed E-state index contributed by atoms with van der Waals surface area (Å²) in [5.41, 5.74) is 6.20. The van der Waals surface area contributed by atoms with Crippen LogP contribution < -0.4 is 5.73 Å². The Bertz CT molecular complexity index is 584. The third-order valence-corrected chi connectivity index (χ3v) is 4.09. The second kappa shape index (κ2) is 5.71. The number of hydrogen-bond donors (Lipinski definition) is 1. The van der Waals surface area contributed by atoms with Crippen molar-refractivity contribution in [1.29, 1.82) is 0 Å². The number of nitrogens with zero attached hydrogens (tertiary/aromatic N) is 2. The molecule has 4 nitrogen and oxygen atoms in total. The molecule has 1 fully saturated rings. The molecule has 2 aromatic rings. The molecule has 0 amide bonds. The maximum atomic E-state index is 13.7. The van der Waals surface area contributed by atoms with Crippen molar-refractivity contribution in [2.45, 2.75) is 31.6 Å². The van der Waals surface area contributed by atoms with Gasteiger partial charge in [0.05, 0.1) is 5.56 Å². The SMILES string of the molecule is NCC1CCCCC1c1nc(-c2ccccc2F)no1. The van der Waals surface area contributed by atoms with E-state index in [0.717, 1.165) is 19.3 Å². The smallest absolute Gasteiger partial charge is 0.230 e. The first-order valence-electron chi connectivity index (χ1n) is 7.08. The van der Waals surface area contributed by atoms with E-state index < -0.39 is 0 Å². The second-order valence-corrected chi connectivity index (χ2v) is 5.32. The molecule has 1 aliphatic carbocycles. The fraction of sp³-hybridized carbons (Fsp3) is 0.467. The normalized spacial score (nSPS) is 22.9. The van der Waals surface area contributed by atoms with E-state index in [9.17, 15) is 4.39 Å². The van der Waals surface area contributed by atoms with Gasteiger partial charge >= 0.3 is 0 Å². The largest absolute Gasteiger partial charge is 0.339 e. The summed E-state index contributed by atoms with van der Waals surface area (Å²) in [5.74, 6) is 1.18. The maximum Gasteiger partial charge on any atom is 0.230 e. The maximum absolute atomic E-state index is 13.7. The molecule has 2 atom stereocenters. The van der Waals surface area contributed by atoms with Crippen molar-refractivity contribution >= 4 is 0 Å². The Balaban J connectivity index is 1.88. The summed E-state index contributed by atoms with van der Waals surface area (Å²) in [4.78, 5) is 4.39. The number of halogens is 1. The highest BCUT2D eigenvalue weighted by Crippen LogP contribution is 2.37. The van der Waals surface area contributed by atoms with Crippen LogP contribution >= 0.6 is 0 Å². The van der Waals surface area contributed by atoms with Gasteiger partial charge in [-0.3, -0.25) is 0 Å². The molecule has 2 N–H and O–H groups in total. The van der Waals surface area contributed by atoms with Gasteiger partial charge in [0.1, 0.15) is 5.82 Å². The number of rotatable bonds is 3. The number of benzene rings is 1. The van der Waals surface area contributed by atoms with E-state index in [0.29, 0.717) is 29.7 Å². The van der Waals surface area contributed by atoms with Crippen LogP contribution in [-0.4, -0.2) is 16.7 Å². The van der Waals surface area contributed by atoms with Crippen molar-refractivity contribution in [1.82, 2.24) is 10.1 Å². The standard InChI is InChI=1S/C15H18FN3O/c16-13-8-4-3-7-12(13)14-18-15(20-19-14)11-6-2-1-5-10(11)9-17/h3-4,7-8,10-11H,1-2,5-6,9,17H2. The van der Waals surface area contributed by atoms with Crippen molar-refractivity contribution in [3.05, 3.63) is 36.0 Å². The minimum Gasteiger partial charge on any atom is -0.339 e. The number of nitrogens with two attached hydrogens (primary N) is 1. The van der Waals surface area contributed by atoms with Crippen molar-refractivity contribution in [3.63, 3.8) is 0 Å². The van der Waals surface area contributed by atoms with Gasteiger partial charge in [0.2, 0.25) is 11.7 Å². The van der Waals surface area contributed by atoms with Gasteiger partial charge in [0.25, 0.3) is 0 Å². The molecule has 1 aliphatic rings. The summed E-state index contributed by atoms with van der Waals surface area (Å²) >= 11 is 0. The predicted molar refractivity (Wildman–Crippen MR) is 73.4 cm³/mol. The molecule has 5 heteroatoms. The van der Waals surface area contributed by atoms with E-state index >= 15 is 0 Å². The molecule has 20 heavy (non-hydrogen) atoms. The van der Waals surface area contributed by atoms with Gasteiger partial charge in [0.15, 0.2) is 0 Å². The van der Waals surface area contributed by atoms with Gasteiger partial charge < -0.3 is 10.3 Å². The fourth-order valence-electron chi connectivity index (χ4n) is 2.95. The molecule has 0 bridgehead atoms. The monoisotopic (exact) mass is 275 g/mol. The summed E-state index contributed by atoms with van der Waals surface area (Å²) in [7, 11) is 0. The Morgan fingerprint density at radius 1 is 1.25 bits per heavy atom. The first-order chi connectivity index (χ1) is 9.79. The summed E-state index contributed by atoms with van der Waals surface area (Å²) in [6.45, 7) is 0.627. The van der Waals surface area contributed by atoms with Crippen molar-refractivity contribution < 1.29 is 8.91 Å². The highest BCUT2D eigenvalue weighted by atomic mass is 19.1. The average molecular weight is 275 g/mol. The van der Waals surface area contributed by atoms with Crippen LogP contribution in [0, 0.1) is 11.7 Å². The Kier molecular flexibility index (Phi) is 3.78. The summed E-state index contributed by atoms with van der Waals surface area (Å²) in [6, 6.07) is 6.46. The first-order valence-corrected chi connectivity index (χ1v) is 7.08. The van der Waals surface area contributed by atoms with Gasteiger partial charge in [-0.25, -0.2) is 4.39 Å². The van der Waals surface area contributed by atoms with Crippen LogP contribution in [0.25, 0.3) is 11.4 Å². The molecule has 1 saturated carbocycles. The van der Waals surface area contributed by atoms with E-state index in [-0.39, 0.29) is 11.7 Å². The summed E-state index contributed by atoms with van der Waals surface area (Å²) in [6.07, 6.45) is 4.46. The van der Waals surface area contributed by atoms with Crippen LogP contribution in [0.4, 0.5) is 4.39 Å². The van der Waals surface area contributed by atoms with Gasteiger partial charge in [-0.05, 0) is 37.4 Å². The molecule has 1 heterocycles. The lowest BCUT2D eigenvalue weighted by atomic mass is 9.79. The lowest BCUT2D eigenvalue weighted by Crippen LogP contribution is -2.25.